The average molecular weight is 914 g/mol. The smallest absolute Gasteiger partial charge is 0.0431 e. The van der Waals surface area contributed by atoms with Crippen LogP contribution < -0.4 is 0 Å². The zero-order chi connectivity index (χ0) is 47.6. The molecule has 0 aliphatic carbocycles. The Hall–Kier alpha value is -0.160. The molecule has 0 bridgehead atoms. The van der Waals surface area contributed by atoms with Gasteiger partial charge in [-0.05, 0) is 25.7 Å². The molecule has 0 aliphatic heterocycles. The molecule has 0 unspecified atom stereocenters. The molecule has 4 N–H and O–H groups in total. The Labute approximate surface area is 406 Å². The summed E-state index contributed by atoms with van der Waals surface area (Å²) in [6.07, 6.45) is 70.9. The Morgan fingerprint density at radius 2 is 0.203 bits per heavy atom. The van der Waals surface area contributed by atoms with Crippen molar-refractivity contribution in [1.82, 2.24) is 0 Å². The first-order valence-electron chi connectivity index (χ1n) is 30.1. The van der Waals surface area contributed by atoms with Crippen molar-refractivity contribution in [1.29, 1.82) is 0 Å². The van der Waals surface area contributed by atoms with Crippen LogP contribution in [0.3, 0.4) is 0 Å². The van der Waals surface area contributed by atoms with Gasteiger partial charge in [0.1, 0.15) is 0 Å². The summed E-state index contributed by atoms with van der Waals surface area (Å²) < 4.78 is 0. The van der Waals surface area contributed by atoms with Crippen LogP contribution in [0.5, 0.6) is 0 Å². The summed E-state index contributed by atoms with van der Waals surface area (Å²) in [5.74, 6) is 0. The zero-order valence-corrected chi connectivity index (χ0v) is 45.4. The molecule has 0 rings (SSSR count). The maximum absolute atomic E-state index is 8.67. The molecule has 0 heterocycles. The van der Waals surface area contributed by atoms with E-state index >= 15 is 0 Å². The lowest BCUT2D eigenvalue weighted by atomic mass is 10.0. The molecule has 4 nitrogen and oxygen atoms in total. The van der Waals surface area contributed by atoms with E-state index < -0.39 is 0 Å². The van der Waals surface area contributed by atoms with Crippen LogP contribution in [0, 0.1) is 0 Å². The molecular weight excluding hydrogens is 785 g/mol. The molecule has 0 aromatic heterocycles. The largest absolute Gasteiger partial charge is 0.396 e. The molecule has 0 aromatic carbocycles. The van der Waals surface area contributed by atoms with E-state index in [9.17, 15) is 0 Å². The second-order valence-corrected chi connectivity index (χ2v) is 19.9. The Kier molecular flexibility index (Phi) is 84.8. The van der Waals surface area contributed by atoms with Crippen LogP contribution in [0.25, 0.3) is 0 Å². The van der Waals surface area contributed by atoms with Crippen molar-refractivity contribution in [2.75, 3.05) is 26.4 Å². The molecule has 392 valence electrons. The molecule has 0 aliphatic rings. The quantitative estimate of drug-likeness (QED) is 0.0458. The highest BCUT2D eigenvalue weighted by Crippen LogP contribution is 2.16. The predicted molar refractivity (Wildman–Crippen MR) is 291 cm³/mol. The lowest BCUT2D eigenvalue weighted by molar-refractivity contribution is 0.282. The predicted octanol–water partition coefficient (Wildman–Crippen LogP) is 20.3. The Morgan fingerprint density at radius 1 is 0.125 bits per heavy atom. The van der Waals surface area contributed by atoms with Gasteiger partial charge in [0, 0.05) is 26.4 Å². The van der Waals surface area contributed by atoms with E-state index in [-0.39, 0.29) is 0 Å². The van der Waals surface area contributed by atoms with Gasteiger partial charge in [-0.25, -0.2) is 0 Å². The minimum absolute atomic E-state index is 0.372. The Bertz CT molecular complexity index is 620. The molecular formula is C60H128O4. The van der Waals surface area contributed by atoms with Crippen LogP contribution in [0.1, 0.15) is 362 Å². The number of unbranched alkanes of at least 4 members (excludes halogenated alkanes) is 48. The lowest BCUT2D eigenvalue weighted by Crippen LogP contribution is -1.85. The van der Waals surface area contributed by atoms with Gasteiger partial charge in [0.15, 0.2) is 0 Å². The molecule has 0 aromatic rings. The van der Waals surface area contributed by atoms with Crippen molar-refractivity contribution in [3.8, 4) is 0 Å². The monoisotopic (exact) mass is 913 g/mol. The van der Waals surface area contributed by atoms with E-state index in [0.29, 0.717) is 26.4 Å². The third-order valence-corrected chi connectivity index (χ3v) is 13.0. The SMILES string of the molecule is CCCCCCCCCCCCCCCCCCO.CCCCCCCCCCCCCCCCO.CCCCCCCCCCCCCCO.CCCCCCCCCCCCO. The number of aliphatic hydroxyl groups excluding tert-OH is 4. The number of hydrogen-bond acceptors (Lipinski definition) is 4. The fourth-order valence-electron chi connectivity index (χ4n) is 8.52. The molecule has 0 spiro atoms. The van der Waals surface area contributed by atoms with Crippen LogP contribution in [-0.4, -0.2) is 46.9 Å². The fraction of sp³-hybridized carbons (Fsp3) is 1.00. The van der Waals surface area contributed by atoms with Crippen molar-refractivity contribution >= 4 is 0 Å². The van der Waals surface area contributed by atoms with E-state index in [1.807, 2.05) is 0 Å². The maximum Gasteiger partial charge on any atom is 0.0431 e. The number of aliphatic hydroxyl groups is 4. The van der Waals surface area contributed by atoms with Gasteiger partial charge < -0.3 is 20.4 Å². The average Bonchev–Trinajstić information content (AvgIpc) is 3.31. The summed E-state index contributed by atoms with van der Waals surface area (Å²) in [4.78, 5) is 0. The maximum atomic E-state index is 8.67. The lowest BCUT2D eigenvalue weighted by Gasteiger charge is -2.03. The summed E-state index contributed by atoms with van der Waals surface area (Å²) in [5, 5.41) is 34.5. The van der Waals surface area contributed by atoms with Crippen LogP contribution in [0.2, 0.25) is 0 Å². The van der Waals surface area contributed by atoms with E-state index in [2.05, 4.69) is 27.7 Å². The van der Waals surface area contributed by atoms with Crippen molar-refractivity contribution in [2.45, 2.75) is 362 Å². The highest BCUT2D eigenvalue weighted by Gasteiger charge is 1.97. The van der Waals surface area contributed by atoms with Gasteiger partial charge in [-0.15, -0.1) is 0 Å². The first-order chi connectivity index (χ1) is 31.7. The summed E-state index contributed by atoms with van der Waals surface area (Å²) in [7, 11) is 0. The van der Waals surface area contributed by atoms with Crippen LogP contribution in [-0.2, 0) is 0 Å². The Balaban J connectivity index is -0.000000378. The van der Waals surface area contributed by atoms with E-state index in [1.165, 1.54) is 308 Å². The van der Waals surface area contributed by atoms with E-state index in [0.717, 1.165) is 25.7 Å². The number of rotatable bonds is 52. The highest BCUT2D eigenvalue weighted by molar-refractivity contribution is 4.52. The summed E-state index contributed by atoms with van der Waals surface area (Å²) >= 11 is 0. The third kappa shape index (κ3) is 85.2. The highest BCUT2D eigenvalue weighted by atomic mass is 16.3. The van der Waals surface area contributed by atoms with Gasteiger partial charge >= 0.3 is 0 Å². The molecule has 0 radical (unpaired) electrons. The molecule has 0 saturated carbocycles. The summed E-state index contributed by atoms with van der Waals surface area (Å²) in [6, 6.07) is 0. The molecule has 4 heteroatoms. The van der Waals surface area contributed by atoms with Crippen molar-refractivity contribution in [3.05, 3.63) is 0 Å². The zero-order valence-electron chi connectivity index (χ0n) is 45.4. The van der Waals surface area contributed by atoms with E-state index in [1.54, 1.807) is 0 Å². The standard InChI is InChI=1S/C18H38O.C16H34O.C14H30O.C12H26O/c1-2-3-4-5-6-7-8-9-10-11-12-13-14-15-16-17-18-19;1-2-3-4-5-6-7-8-9-10-11-12-13-14-15-16-17;1-2-3-4-5-6-7-8-9-10-11-12-13-14-15;1-2-3-4-5-6-7-8-9-10-11-12-13/h19H,2-18H2,1H3;17H,2-16H2,1H3;15H,2-14H2,1H3;13H,2-12H2,1H3. The van der Waals surface area contributed by atoms with Gasteiger partial charge in [-0.2, -0.15) is 0 Å². The summed E-state index contributed by atoms with van der Waals surface area (Å²) in [6.45, 7) is 10.6. The third-order valence-electron chi connectivity index (χ3n) is 13.0. The van der Waals surface area contributed by atoms with Gasteiger partial charge in [0.25, 0.3) is 0 Å². The van der Waals surface area contributed by atoms with Crippen LogP contribution in [0.15, 0.2) is 0 Å². The minimum atomic E-state index is 0.372. The molecule has 0 fully saturated rings. The second kappa shape index (κ2) is 77.1. The minimum Gasteiger partial charge on any atom is -0.396 e. The molecule has 64 heavy (non-hydrogen) atoms. The van der Waals surface area contributed by atoms with Crippen molar-refractivity contribution < 1.29 is 20.4 Å². The van der Waals surface area contributed by atoms with E-state index in [4.69, 9.17) is 20.4 Å². The topological polar surface area (TPSA) is 80.9 Å². The van der Waals surface area contributed by atoms with Gasteiger partial charge in [-0.1, -0.05) is 336 Å². The second-order valence-electron chi connectivity index (χ2n) is 19.9. The number of hydrogen-bond donors (Lipinski definition) is 4. The molecule has 0 atom stereocenters. The van der Waals surface area contributed by atoms with Crippen molar-refractivity contribution in [3.63, 3.8) is 0 Å². The molecule has 0 saturated heterocycles. The first-order valence-corrected chi connectivity index (χ1v) is 30.1. The Morgan fingerprint density at radius 3 is 0.281 bits per heavy atom. The van der Waals surface area contributed by atoms with Gasteiger partial charge in [0.05, 0.1) is 0 Å². The van der Waals surface area contributed by atoms with Gasteiger partial charge in [0.2, 0.25) is 0 Å². The normalized spacial score (nSPS) is 10.9. The fourth-order valence-corrected chi connectivity index (χ4v) is 8.52. The first kappa shape index (κ1) is 70.4. The van der Waals surface area contributed by atoms with Crippen LogP contribution >= 0.6 is 0 Å². The van der Waals surface area contributed by atoms with Crippen LogP contribution in [0.4, 0.5) is 0 Å². The summed E-state index contributed by atoms with van der Waals surface area (Å²) in [5.41, 5.74) is 0. The van der Waals surface area contributed by atoms with Crippen molar-refractivity contribution in [2.24, 2.45) is 0 Å². The van der Waals surface area contributed by atoms with Gasteiger partial charge in [-0.3, -0.25) is 0 Å². The molecule has 0 amide bonds.